The summed E-state index contributed by atoms with van der Waals surface area (Å²) in [4.78, 5) is 17.5. The van der Waals surface area contributed by atoms with Gasteiger partial charge in [-0.05, 0) is 49.7 Å². The van der Waals surface area contributed by atoms with Crippen molar-refractivity contribution >= 4 is 35.0 Å². The normalized spacial score (nSPS) is 20.0. The van der Waals surface area contributed by atoms with Gasteiger partial charge in [0.05, 0.1) is 6.04 Å². The molecule has 1 aromatic carbocycles. The molecule has 4 heteroatoms. The summed E-state index contributed by atoms with van der Waals surface area (Å²) in [6.07, 6.45) is 6.61. The second kappa shape index (κ2) is 11.7. The van der Waals surface area contributed by atoms with Crippen molar-refractivity contribution < 1.29 is 4.79 Å². The van der Waals surface area contributed by atoms with E-state index in [1.165, 1.54) is 29.0 Å². The average molecular weight is 390 g/mol. The minimum atomic E-state index is 0.211. The lowest BCUT2D eigenvalue weighted by molar-refractivity contribution is -0.116. The Morgan fingerprint density at radius 2 is 2.00 bits per heavy atom. The number of aliphatic imine (C=N–C) groups is 1. The SMILES string of the molecule is CCC1CCC(SCCSCCC(C)=O)=CC1=N[C@H](C)c1ccccc1. The summed E-state index contributed by atoms with van der Waals surface area (Å²) in [5, 5.41) is 0. The summed E-state index contributed by atoms with van der Waals surface area (Å²) in [6, 6.07) is 10.8. The second-order valence-electron chi connectivity index (χ2n) is 6.81. The molecule has 1 aliphatic carbocycles. The van der Waals surface area contributed by atoms with E-state index < -0.39 is 0 Å². The van der Waals surface area contributed by atoms with Crippen molar-refractivity contribution in [2.75, 3.05) is 17.3 Å². The van der Waals surface area contributed by atoms with Gasteiger partial charge in [-0.25, -0.2) is 0 Å². The number of hydrogen-bond acceptors (Lipinski definition) is 4. The molecule has 0 saturated heterocycles. The fraction of sp³-hybridized carbons (Fsp3) is 0.545. The topological polar surface area (TPSA) is 29.4 Å². The number of Topliss-reactive ketones (excluding diaryl/α,β-unsaturated/α-hetero) is 1. The Morgan fingerprint density at radius 1 is 1.23 bits per heavy atom. The van der Waals surface area contributed by atoms with Crippen LogP contribution in [0.3, 0.4) is 0 Å². The molecule has 0 aromatic heterocycles. The van der Waals surface area contributed by atoms with Crippen molar-refractivity contribution in [3.8, 4) is 0 Å². The Bertz CT molecular complexity index is 624. The number of nitrogens with zero attached hydrogens (tertiary/aromatic N) is 1. The third-order valence-electron chi connectivity index (χ3n) is 4.70. The van der Waals surface area contributed by atoms with E-state index in [1.54, 1.807) is 6.92 Å². The van der Waals surface area contributed by atoms with Gasteiger partial charge in [0.25, 0.3) is 0 Å². The number of allylic oxidation sites excluding steroid dienone is 2. The molecule has 142 valence electrons. The van der Waals surface area contributed by atoms with E-state index in [0.717, 1.165) is 23.7 Å². The van der Waals surface area contributed by atoms with Gasteiger partial charge < -0.3 is 0 Å². The largest absolute Gasteiger partial charge is 0.300 e. The van der Waals surface area contributed by atoms with Crippen LogP contribution in [0, 0.1) is 5.92 Å². The van der Waals surface area contributed by atoms with Gasteiger partial charge in [-0.1, -0.05) is 37.3 Å². The van der Waals surface area contributed by atoms with Gasteiger partial charge >= 0.3 is 0 Å². The van der Waals surface area contributed by atoms with Gasteiger partial charge in [0.2, 0.25) is 0 Å². The summed E-state index contributed by atoms with van der Waals surface area (Å²) < 4.78 is 0. The van der Waals surface area contributed by atoms with Crippen LogP contribution in [0.2, 0.25) is 0 Å². The molecule has 0 N–H and O–H groups in total. The maximum absolute atomic E-state index is 11.0. The lowest BCUT2D eigenvalue weighted by Gasteiger charge is -2.24. The van der Waals surface area contributed by atoms with Gasteiger partial charge in [0.1, 0.15) is 5.78 Å². The first-order valence-corrected chi connectivity index (χ1v) is 11.8. The highest BCUT2D eigenvalue weighted by Gasteiger charge is 2.20. The minimum Gasteiger partial charge on any atom is -0.300 e. The van der Waals surface area contributed by atoms with Crippen molar-refractivity contribution in [3.63, 3.8) is 0 Å². The van der Waals surface area contributed by atoms with E-state index in [9.17, 15) is 4.79 Å². The van der Waals surface area contributed by atoms with Crippen LogP contribution in [-0.4, -0.2) is 28.8 Å². The quantitative estimate of drug-likeness (QED) is 0.437. The molecule has 1 aliphatic rings. The molecule has 1 aromatic rings. The highest BCUT2D eigenvalue weighted by atomic mass is 32.2. The molecule has 0 heterocycles. The zero-order valence-electron chi connectivity index (χ0n) is 16.2. The molecule has 26 heavy (non-hydrogen) atoms. The van der Waals surface area contributed by atoms with Crippen molar-refractivity contribution in [2.45, 2.75) is 52.5 Å². The predicted molar refractivity (Wildman–Crippen MR) is 118 cm³/mol. The zero-order chi connectivity index (χ0) is 18.8. The van der Waals surface area contributed by atoms with E-state index in [0.29, 0.717) is 18.1 Å². The number of hydrogen-bond donors (Lipinski definition) is 0. The van der Waals surface area contributed by atoms with Crippen molar-refractivity contribution in [1.29, 1.82) is 0 Å². The number of carbonyl (C=O) groups excluding carboxylic acids is 1. The molecule has 2 atom stereocenters. The van der Waals surface area contributed by atoms with E-state index in [1.807, 2.05) is 23.5 Å². The number of rotatable bonds is 10. The molecule has 2 rings (SSSR count). The molecule has 0 saturated carbocycles. The number of benzene rings is 1. The Balaban J connectivity index is 1.92. The molecule has 0 bridgehead atoms. The molecule has 2 nitrogen and oxygen atoms in total. The van der Waals surface area contributed by atoms with E-state index >= 15 is 0 Å². The van der Waals surface area contributed by atoms with Gasteiger partial charge in [-0.3, -0.25) is 9.79 Å². The molecule has 1 unspecified atom stereocenters. The first-order chi connectivity index (χ1) is 12.6. The Labute approximate surface area is 167 Å². The Hall–Kier alpha value is -1.00. The molecular formula is C22H31NOS2. The minimum absolute atomic E-state index is 0.211. The fourth-order valence-electron chi connectivity index (χ4n) is 3.07. The lowest BCUT2D eigenvalue weighted by Crippen LogP contribution is -2.17. The fourth-order valence-corrected chi connectivity index (χ4v) is 5.24. The number of thioether (sulfide) groups is 2. The summed E-state index contributed by atoms with van der Waals surface area (Å²) in [5.74, 6) is 4.06. The highest BCUT2D eigenvalue weighted by molar-refractivity contribution is 8.05. The first-order valence-electron chi connectivity index (χ1n) is 9.63. The zero-order valence-corrected chi connectivity index (χ0v) is 17.9. The van der Waals surface area contributed by atoms with Crippen LogP contribution in [0.1, 0.15) is 58.1 Å². The third-order valence-corrected chi connectivity index (χ3v) is 7.04. The molecule has 0 radical (unpaired) electrons. The molecule has 0 spiro atoms. The number of ketones is 1. The van der Waals surface area contributed by atoms with Crippen molar-refractivity contribution in [1.82, 2.24) is 0 Å². The van der Waals surface area contributed by atoms with Crippen LogP contribution >= 0.6 is 23.5 Å². The van der Waals surface area contributed by atoms with Crippen LogP contribution < -0.4 is 0 Å². The summed E-state index contributed by atoms with van der Waals surface area (Å²) in [5.41, 5.74) is 2.56. The van der Waals surface area contributed by atoms with Crippen LogP contribution in [0.15, 0.2) is 46.3 Å². The molecule has 0 fully saturated rings. The van der Waals surface area contributed by atoms with Crippen LogP contribution in [-0.2, 0) is 4.79 Å². The van der Waals surface area contributed by atoms with E-state index in [-0.39, 0.29) is 6.04 Å². The van der Waals surface area contributed by atoms with Crippen LogP contribution in [0.4, 0.5) is 0 Å². The van der Waals surface area contributed by atoms with Gasteiger partial charge in [0, 0.05) is 35.3 Å². The molecule has 0 amide bonds. The first kappa shape index (κ1) is 21.3. The maximum atomic E-state index is 11.0. The highest BCUT2D eigenvalue weighted by Crippen LogP contribution is 2.32. The van der Waals surface area contributed by atoms with Gasteiger partial charge in [-0.15, -0.1) is 11.8 Å². The molecule has 0 aliphatic heterocycles. The number of carbonyl (C=O) groups is 1. The Kier molecular flexibility index (Phi) is 9.55. The molecular weight excluding hydrogens is 358 g/mol. The van der Waals surface area contributed by atoms with E-state index in [4.69, 9.17) is 4.99 Å². The summed E-state index contributed by atoms with van der Waals surface area (Å²) >= 11 is 3.85. The van der Waals surface area contributed by atoms with E-state index in [2.05, 4.69) is 50.3 Å². The monoisotopic (exact) mass is 389 g/mol. The maximum Gasteiger partial charge on any atom is 0.130 e. The van der Waals surface area contributed by atoms with Crippen LogP contribution in [0.25, 0.3) is 0 Å². The smallest absolute Gasteiger partial charge is 0.130 e. The van der Waals surface area contributed by atoms with Gasteiger partial charge in [-0.2, -0.15) is 11.8 Å². The Morgan fingerprint density at radius 3 is 2.69 bits per heavy atom. The van der Waals surface area contributed by atoms with Crippen LogP contribution in [0.5, 0.6) is 0 Å². The summed E-state index contributed by atoms with van der Waals surface area (Å²) in [6.45, 7) is 6.13. The summed E-state index contributed by atoms with van der Waals surface area (Å²) in [7, 11) is 0. The predicted octanol–water partition coefficient (Wildman–Crippen LogP) is 6.34. The average Bonchev–Trinajstić information content (AvgIpc) is 2.65. The van der Waals surface area contributed by atoms with Gasteiger partial charge in [0.15, 0.2) is 0 Å². The second-order valence-corrected chi connectivity index (χ2v) is 9.25. The van der Waals surface area contributed by atoms with Crippen molar-refractivity contribution in [3.05, 3.63) is 46.9 Å². The van der Waals surface area contributed by atoms with Crippen molar-refractivity contribution in [2.24, 2.45) is 10.9 Å². The lowest BCUT2D eigenvalue weighted by atomic mass is 9.89. The standard InChI is InChI=1S/C22H31NOS2/c1-4-19-10-11-21(26-15-14-25-13-12-17(2)24)16-22(19)23-18(3)20-8-6-5-7-9-20/h5-9,16,18-19H,4,10-15H2,1-3H3/t18-,19?/m1/s1. The third kappa shape index (κ3) is 7.32.